The van der Waals surface area contributed by atoms with E-state index in [-0.39, 0.29) is 29.9 Å². The lowest BCUT2D eigenvalue weighted by Crippen LogP contribution is -2.44. The average molecular weight is 548 g/mol. The summed E-state index contributed by atoms with van der Waals surface area (Å²) in [7, 11) is 1.80. The highest BCUT2D eigenvalue weighted by molar-refractivity contribution is 14.0. The third-order valence-electron chi connectivity index (χ3n) is 6.08. The molecule has 2 fully saturated rings. The molecule has 30 heavy (non-hydrogen) atoms. The fraction of sp³-hybridized carbons (Fsp3) is 0.727. The molecule has 1 aliphatic carbocycles. The van der Waals surface area contributed by atoms with Crippen molar-refractivity contribution in [3.8, 4) is 0 Å². The fourth-order valence-corrected chi connectivity index (χ4v) is 5.33. The molecule has 0 spiro atoms. The zero-order valence-corrected chi connectivity index (χ0v) is 21.3. The van der Waals surface area contributed by atoms with Crippen LogP contribution in [0.2, 0.25) is 0 Å². The lowest BCUT2D eigenvalue weighted by atomic mass is 9.87. The number of rotatable bonds is 9. The molecule has 1 saturated heterocycles. The maximum Gasteiger partial charge on any atom is 0.220 e. The van der Waals surface area contributed by atoms with E-state index in [1.807, 2.05) is 11.3 Å². The van der Waals surface area contributed by atoms with Crippen molar-refractivity contribution < 1.29 is 4.79 Å². The van der Waals surface area contributed by atoms with Gasteiger partial charge in [0.2, 0.25) is 5.91 Å². The number of carbonyl (C=O) groups is 1. The maximum atomic E-state index is 12.1. The first kappa shape index (κ1) is 25.4. The second-order valence-electron chi connectivity index (χ2n) is 8.21. The number of thiophene rings is 1. The van der Waals surface area contributed by atoms with Gasteiger partial charge in [-0.1, -0.05) is 25.3 Å². The summed E-state index contributed by atoms with van der Waals surface area (Å²) in [6.45, 7) is 4.50. The van der Waals surface area contributed by atoms with Gasteiger partial charge in [0, 0.05) is 38.0 Å². The Labute approximate surface area is 202 Å². The summed E-state index contributed by atoms with van der Waals surface area (Å²) < 4.78 is 0. The number of guanidine groups is 1. The summed E-state index contributed by atoms with van der Waals surface area (Å²) in [5.41, 5.74) is 0. The molecule has 2 aliphatic rings. The number of carbonyl (C=O) groups excluding carboxylic acids is 1. The van der Waals surface area contributed by atoms with Crippen molar-refractivity contribution in [2.75, 3.05) is 39.8 Å². The number of nitrogens with zero attached hydrogens (tertiary/aromatic N) is 2. The zero-order chi connectivity index (χ0) is 20.3. The molecule has 170 valence electrons. The molecule has 1 amide bonds. The van der Waals surface area contributed by atoms with Gasteiger partial charge in [0.25, 0.3) is 0 Å². The van der Waals surface area contributed by atoms with Gasteiger partial charge in [0.1, 0.15) is 0 Å². The van der Waals surface area contributed by atoms with Gasteiger partial charge in [-0.25, -0.2) is 0 Å². The van der Waals surface area contributed by atoms with Crippen molar-refractivity contribution in [2.45, 2.75) is 57.4 Å². The number of likely N-dealkylation sites (tertiary alicyclic amines) is 1. The van der Waals surface area contributed by atoms with E-state index in [1.54, 1.807) is 7.05 Å². The second-order valence-corrected chi connectivity index (χ2v) is 9.19. The Kier molecular flexibility index (Phi) is 12.1. The topological polar surface area (TPSA) is 68.8 Å². The summed E-state index contributed by atoms with van der Waals surface area (Å²) in [5.74, 6) is 1.58. The first-order valence-corrected chi connectivity index (χ1v) is 12.1. The molecule has 1 aromatic rings. The Hall–Kier alpha value is -0.870. The molecule has 1 unspecified atom stereocenters. The molecular weight excluding hydrogens is 509 g/mol. The Morgan fingerprint density at radius 3 is 2.53 bits per heavy atom. The summed E-state index contributed by atoms with van der Waals surface area (Å²) in [5, 5.41) is 12.0. The minimum atomic E-state index is 0. The van der Waals surface area contributed by atoms with Gasteiger partial charge >= 0.3 is 0 Å². The van der Waals surface area contributed by atoms with Crippen molar-refractivity contribution in [1.82, 2.24) is 20.9 Å². The van der Waals surface area contributed by atoms with Crippen LogP contribution in [0.15, 0.2) is 22.5 Å². The quantitative estimate of drug-likeness (QED) is 0.191. The molecule has 0 bridgehead atoms. The van der Waals surface area contributed by atoms with Crippen molar-refractivity contribution in [3.63, 3.8) is 0 Å². The molecule has 1 aromatic heterocycles. The summed E-state index contributed by atoms with van der Waals surface area (Å²) in [6.07, 6.45) is 9.58. The first-order valence-electron chi connectivity index (χ1n) is 11.2. The normalized spacial score (nSPS) is 19.2. The summed E-state index contributed by atoms with van der Waals surface area (Å²) >= 11 is 1.83. The van der Waals surface area contributed by atoms with Gasteiger partial charge in [0.05, 0.1) is 6.04 Å². The number of nitrogens with one attached hydrogen (secondary N) is 3. The molecular formula is C22H38IN5OS. The number of amides is 1. The number of aliphatic imine (C=N–C) groups is 1. The van der Waals surface area contributed by atoms with Gasteiger partial charge in [-0.2, -0.15) is 0 Å². The van der Waals surface area contributed by atoms with Crippen LogP contribution in [0.1, 0.15) is 62.3 Å². The van der Waals surface area contributed by atoms with Crippen molar-refractivity contribution >= 4 is 47.2 Å². The van der Waals surface area contributed by atoms with Gasteiger partial charge in [-0.3, -0.25) is 14.7 Å². The van der Waals surface area contributed by atoms with Gasteiger partial charge < -0.3 is 16.0 Å². The predicted molar refractivity (Wildman–Crippen MR) is 137 cm³/mol. The van der Waals surface area contributed by atoms with Gasteiger partial charge in [-0.05, 0) is 56.1 Å². The predicted octanol–water partition coefficient (Wildman–Crippen LogP) is 3.75. The number of hydrogen-bond acceptors (Lipinski definition) is 4. The van der Waals surface area contributed by atoms with Crippen LogP contribution < -0.4 is 16.0 Å². The van der Waals surface area contributed by atoms with Crippen molar-refractivity contribution in [2.24, 2.45) is 10.9 Å². The zero-order valence-electron chi connectivity index (χ0n) is 18.2. The number of halogens is 1. The molecule has 1 atom stereocenters. The van der Waals surface area contributed by atoms with E-state index in [0.717, 1.165) is 12.5 Å². The second kappa shape index (κ2) is 14.2. The minimum absolute atomic E-state index is 0. The minimum Gasteiger partial charge on any atom is -0.355 e. The molecule has 2 heterocycles. The van der Waals surface area contributed by atoms with Crippen molar-refractivity contribution in [3.05, 3.63) is 22.4 Å². The maximum absolute atomic E-state index is 12.1. The molecule has 0 aromatic carbocycles. The van der Waals surface area contributed by atoms with Crippen molar-refractivity contribution in [1.29, 1.82) is 0 Å². The standard InChI is InChI=1S/C22H37N5OS.HI/c1-23-22(25-12-11-24-21(28)16-18-8-3-2-4-9-18)26-17-19(20-10-7-15-29-20)27-13-5-6-14-27;/h7,10,15,18-19H,2-6,8-9,11-14,16-17H2,1H3,(H,24,28)(H2,23,25,26);1H. The lowest BCUT2D eigenvalue weighted by Gasteiger charge is -2.27. The van der Waals surface area contributed by atoms with Crippen LogP contribution in [0.4, 0.5) is 0 Å². The Morgan fingerprint density at radius 1 is 1.13 bits per heavy atom. The van der Waals surface area contributed by atoms with Gasteiger partial charge in [0.15, 0.2) is 5.96 Å². The van der Waals surface area contributed by atoms with Crippen LogP contribution in [0.3, 0.4) is 0 Å². The van der Waals surface area contributed by atoms with Crippen LogP contribution in [0, 0.1) is 5.92 Å². The van der Waals surface area contributed by atoms with E-state index in [1.165, 1.54) is 62.9 Å². The van der Waals surface area contributed by atoms with Gasteiger partial charge in [-0.15, -0.1) is 35.3 Å². The highest BCUT2D eigenvalue weighted by atomic mass is 127. The van der Waals surface area contributed by atoms with Crippen LogP contribution in [-0.2, 0) is 4.79 Å². The smallest absolute Gasteiger partial charge is 0.220 e. The molecule has 1 aliphatic heterocycles. The van der Waals surface area contributed by atoms with E-state index in [2.05, 4.69) is 43.4 Å². The molecule has 0 radical (unpaired) electrons. The van der Waals surface area contributed by atoms with Crippen LogP contribution in [0.25, 0.3) is 0 Å². The van der Waals surface area contributed by atoms with Crippen LogP contribution in [0.5, 0.6) is 0 Å². The third-order valence-corrected chi connectivity index (χ3v) is 7.05. The highest BCUT2D eigenvalue weighted by Gasteiger charge is 2.24. The Morgan fingerprint density at radius 2 is 1.87 bits per heavy atom. The SMILES string of the molecule is CN=C(NCCNC(=O)CC1CCCCC1)NCC(c1cccs1)N1CCCC1.I. The fourth-order valence-electron chi connectivity index (χ4n) is 4.47. The summed E-state index contributed by atoms with van der Waals surface area (Å²) in [4.78, 5) is 20.4. The van der Waals surface area contributed by atoms with E-state index in [4.69, 9.17) is 0 Å². The average Bonchev–Trinajstić information content (AvgIpc) is 3.45. The monoisotopic (exact) mass is 547 g/mol. The van der Waals surface area contributed by atoms with E-state index < -0.39 is 0 Å². The third kappa shape index (κ3) is 8.34. The lowest BCUT2D eigenvalue weighted by molar-refractivity contribution is -0.122. The molecule has 3 rings (SSSR count). The first-order chi connectivity index (χ1) is 14.3. The molecule has 8 heteroatoms. The highest BCUT2D eigenvalue weighted by Crippen LogP contribution is 2.28. The summed E-state index contributed by atoms with van der Waals surface area (Å²) in [6, 6.07) is 4.76. The van der Waals surface area contributed by atoms with E-state index in [0.29, 0.717) is 31.5 Å². The molecule has 1 saturated carbocycles. The van der Waals surface area contributed by atoms with E-state index in [9.17, 15) is 4.79 Å². The number of hydrogen-bond donors (Lipinski definition) is 3. The Bertz CT molecular complexity index is 627. The van der Waals surface area contributed by atoms with E-state index >= 15 is 0 Å². The largest absolute Gasteiger partial charge is 0.355 e. The molecule has 3 N–H and O–H groups in total. The molecule has 6 nitrogen and oxygen atoms in total. The van der Waals surface area contributed by atoms with Crippen LogP contribution in [-0.4, -0.2) is 56.5 Å². The Balaban J connectivity index is 0.00000320. The van der Waals surface area contributed by atoms with Crippen LogP contribution >= 0.6 is 35.3 Å².